The number of rotatable bonds is 3. The SMILES string of the molecule is N=C(N)c1cccc(CN2CCCOCC2)c1F. The van der Waals surface area contributed by atoms with Gasteiger partial charge in [0, 0.05) is 31.8 Å². The van der Waals surface area contributed by atoms with Crippen molar-refractivity contribution in [2.24, 2.45) is 5.73 Å². The predicted molar refractivity (Wildman–Crippen MR) is 68.1 cm³/mol. The van der Waals surface area contributed by atoms with Crippen LogP contribution in [0.25, 0.3) is 0 Å². The third-order valence-electron chi connectivity index (χ3n) is 3.08. The van der Waals surface area contributed by atoms with Crippen molar-refractivity contribution in [3.63, 3.8) is 0 Å². The monoisotopic (exact) mass is 251 g/mol. The fourth-order valence-corrected chi connectivity index (χ4v) is 2.11. The number of benzene rings is 1. The molecular formula is C13H18FN3O. The lowest BCUT2D eigenvalue weighted by atomic mass is 10.1. The number of amidine groups is 1. The number of nitrogens with two attached hydrogens (primary N) is 1. The molecule has 0 aliphatic carbocycles. The van der Waals surface area contributed by atoms with Crippen LogP contribution in [0.1, 0.15) is 17.5 Å². The zero-order valence-corrected chi connectivity index (χ0v) is 10.3. The Morgan fingerprint density at radius 2 is 2.22 bits per heavy atom. The molecule has 1 saturated heterocycles. The molecule has 18 heavy (non-hydrogen) atoms. The van der Waals surface area contributed by atoms with Gasteiger partial charge in [0.1, 0.15) is 11.7 Å². The molecule has 1 fully saturated rings. The Labute approximate surface area is 106 Å². The van der Waals surface area contributed by atoms with Crippen molar-refractivity contribution in [3.05, 3.63) is 35.1 Å². The van der Waals surface area contributed by atoms with E-state index >= 15 is 0 Å². The van der Waals surface area contributed by atoms with Gasteiger partial charge in [-0.1, -0.05) is 12.1 Å². The number of hydrogen-bond acceptors (Lipinski definition) is 3. The third-order valence-corrected chi connectivity index (χ3v) is 3.08. The van der Waals surface area contributed by atoms with Gasteiger partial charge in [-0.25, -0.2) is 4.39 Å². The van der Waals surface area contributed by atoms with Crippen LogP contribution in [0.4, 0.5) is 4.39 Å². The fourth-order valence-electron chi connectivity index (χ4n) is 2.11. The van der Waals surface area contributed by atoms with Crippen LogP contribution in [0.3, 0.4) is 0 Å². The first kappa shape index (κ1) is 13.0. The van der Waals surface area contributed by atoms with Crippen LogP contribution in [-0.4, -0.2) is 37.0 Å². The molecule has 1 heterocycles. The Bertz CT molecular complexity index is 428. The average molecular weight is 251 g/mol. The third kappa shape index (κ3) is 3.05. The smallest absolute Gasteiger partial charge is 0.138 e. The van der Waals surface area contributed by atoms with Crippen molar-refractivity contribution < 1.29 is 9.13 Å². The highest BCUT2D eigenvalue weighted by Gasteiger charge is 2.14. The molecule has 0 saturated carbocycles. The normalized spacial score (nSPS) is 17.4. The second-order valence-corrected chi connectivity index (χ2v) is 4.43. The maximum absolute atomic E-state index is 14.1. The van der Waals surface area contributed by atoms with Crippen molar-refractivity contribution in [2.45, 2.75) is 13.0 Å². The summed E-state index contributed by atoms with van der Waals surface area (Å²) in [4.78, 5) is 2.16. The Kier molecular flexibility index (Phi) is 4.28. The van der Waals surface area contributed by atoms with E-state index in [0.29, 0.717) is 18.7 Å². The summed E-state index contributed by atoms with van der Waals surface area (Å²) in [5.41, 5.74) is 6.12. The lowest BCUT2D eigenvalue weighted by Gasteiger charge is -2.19. The van der Waals surface area contributed by atoms with Gasteiger partial charge in [-0.15, -0.1) is 0 Å². The molecule has 1 aromatic rings. The van der Waals surface area contributed by atoms with Crippen molar-refractivity contribution in [1.82, 2.24) is 4.90 Å². The van der Waals surface area contributed by atoms with Crippen molar-refractivity contribution in [3.8, 4) is 0 Å². The van der Waals surface area contributed by atoms with E-state index < -0.39 is 0 Å². The van der Waals surface area contributed by atoms with Gasteiger partial charge in [0.25, 0.3) is 0 Å². The van der Waals surface area contributed by atoms with Crippen LogP contribution >= 0.6 is 0 Å². The number of ether oxygens (including phenoxy) is 1. The van der Waals surface area contributed by atoms with E-state index in [0.717, 1.165) is 26.1 Å². The van der Waals surface area contributed by atoms with Crippen molar-refractivity contribution in [2.75, 3.05) is 26.3 Å². The van der Waals surface area contributed by atoms with E-state index in [1.165, 1.54) is 6.07 Å². The first-order valence-corrected chi connectivity index (χ1v) is 6.10. The van der Waals surface area contributed by atoms with E-state index in [-0.39, 0.29) is 17.2 Å². The molecule has 4 nitrogen and oxygen atoms in total. The highest BCUT2D eigenvalue weighted by molar-refractivity contribution is 5.95. The topological polar surface area (TPSA) is 62.3 Å². The van der Waals surface area contributed by atoms with Crippen LogP contribution in [0.5, 0.6) is 0 Å². The molecule has 5 heteroatoms. The zero-order valence-electron chi connectivity index (χ0n) is 10.3. The predicted octanol–water partition coefficient (Wildman–Crippen LogP) is 1.33. The molecular weight excluding hydrogens is 233 g/mol. The minimum absolute atomic E-state index is 0.179. The molecule has 0 spiro atoms. The Hall–Kier alpha value is -1.46. The molecule has 0 radical (unpaired) electrons. The number of halogens is 1. The lowest BCUT2D eigenvalue weighted by Crippen LogP contribution is -2.26. The van der Waals surface area contributed by atoms with Gasteiger partial charge in [-0.3, -0.25) is 10.3 Å². The van der Waals surface area contributed by atoms with E-state index in [4.69, 9.17) is 15.9 Å². The van der Waals surface area contributed by atoms with Gasteiger partial charge in [-0.05, 0) is 12.5 Å². The minimum atomic E-state index is -0.379. The molecule has 1 aliphatic rings. The molecule has 2 rings (SSSR count). The number of nitrogens with zero attached hydrogens (tertiary/aromatic N) is 1. The van der Waals surface area contributed by atoms with Crippen molar-refractivity contribution >= 4 is 5.84 Å². The summed E-state index contributed by atoms with van der Waals surface area (Å²) in [6, 6.07) is 5.02. The van der Waals surface area contributed by atoms with Gasteiger partial charge >= 0.3 is 0 Å². The van der Waals surface area contributed by atoms with Gasteiger partial charge in [0.05, 0.1) is 12.2 Å². The number of nitrogens with one attached hydrogen (secondary N) is 1. The summed E-state index contributed by atoms with van der Waals surface area (Å²) >= 11 is 0. The maximum Gasteiger partial charge on any atom is 0.138 e. The van der Waals surface area contributed by atoms with Crippen LogP contribution < -0.4 is 5.73 Å². The van der Waals surface area contributed by atoms with E-state index in [1.54, 1.807) is 12.1 Å². The van der Waals surface area contributed by atoms with Crippen molar-refractivity contribution in [1.29, 1.82) is 5.41 Å². The van der Waals surface area contributed by atoms with Crippen LogP contribution in [0.15, 0.2) is 18.2 Å². The number of hydrogen-bond donors (Lipinski definition) is 2. The van der Waals surface area contributed by atoms with E-state index in [9.17, 15) is 4.39 Å². The molecule has 0 aromatic heterocycles. The molecule has 0 amide bonds. The molecule has 98 valence electrons. The summed E-state index contributed by atoms with van der Waals surface area (Å²) < 4.78 is 19.5. The fraction of sp³-hybridized carbons (Fsp3) is 0.462. The second-order valence-electron chi connectivity index (χ2n) is 4.43. The summed E-state index contributed by atoms with van der Waals surface area (Å²) in [6.45, 7) is 3.71. The second kappa shape index (κ2) is 5.93. The summed E-state index contributed by atoms with van der Waals surface area (Å²) in [5.74, 6) is -0.608. The van der Waals surface area contributed by atoms with Crippen LogP contribution in [0, 0.1) is 11.2 Å². The minimum Gasteiger partial charge on any atom is -0.384 e. The average Bonchev–Trinajstić information content (AvgIpc) is 2.60. The van der Waals surface area contributed by atoms with Gasteiger partial charge < -0.3 is 10.5 Å². The number of nitrogen functional groups attached to an aromatic ring is 1. The standard InChI is InChI=1S/C13H18FN3O/c14-12-10(3-1-4-11(12)13(15)16)9-17-5-2-7-18-8-6-17/h1,3-4H,2,5-9H2,(H3,15,16). The maximum atomic E-state index is 14.1. The van der Waals surface area contributed by atoms with Gasteiger partial charge in [0.15, 0.2) is 0 Å². The summed E-state index contributed by atoms with van der Waals surface area (Å²) in [5, 5.41) is 7.33. The Balaban J connectivity index is 2.13. The van der Waals surface area contributed by atoms with Gasteiger partial charge in [-0.2, -0.15) is 0 Å². The zero-order chi connectivity index (χ0) is 13.0. The largest absolute Gasteiger partial charge is 0.384 e. The summed E-state index contributed by atoms with van der Waals surface area (Å²) in [6.07, 6.45) is 0.966. The molecule has 3 N–H and O–H groups in total. The molecule has 1 aromatic carbocycles. The molecule has 0 unspecified atom stereocenters. The molecule has 1 aliphatic heterocycles. The lowest BCUT2D eigenvalue weighted by molar-refractivity contribution is 0.140. The molecule has 0 bridgehead atoms. The highest BCUT2D eigenvalue weighted by atomic mass is 19.1. The molecule has 0 atom stereocenters. The van der Waals surface area contributed by atoms with Gasteiger partial charge in [0.2, 0.25) is 0 Å². The first-order chi connectivity index (χ1) is 8.68. The van der Waals surface area contributed by atoms with Crippen LogP contribution in [-0.2, 0) is 11.3 Å². The highest BCUT2D eigenvalue weighted by Crippen LogP contribution is 2.15. The Morgan fingerprint density at radius 1 is 1.39 bits per heavy atom. The van der Waals surface area contributed by atoms with Crippen LogP contribution in [0.2, 0.25) is 0 Å². The quantitative estimate of drug-likeness (QED) is 0.629. The summed E-state index contributed by atoms with van der Waals surface area (Å²) in [7, 11) is 0. The van der Waals surface area contributed by atoms with E-state index in [2.05, 4.69) is 4.90 Å². The Morgan fingerprint density at radius 3 is 3.00 bits per heavy atom. The van der Waals surface area contributed by atoms with E-state index in [1.807, 2.05) is 0 Å². The first-order valence-electron chi connectivity index (χ1n) is 6.10.